The maximum Gasteiger partial charge on any atom is 0.159 e. The van der Waals surface area contributed by atoms with Crippen molar-refractivity contribution in [2.75, 3.05) is 31.1 Å². The number of nitrogens with one attached hydrogen (secondary N) is 1. The highest BCUT2D eigenvalue weighted by atomic mass is 19.1. The number of aliphatic hydroxyl groups is 2. The Morgan fingerprint density at radius 1 is 1.06 bits per heavy atom. The molecule has 4 atom stereocenters. The molecule has 2 aliphatic heterocycles. The maximum absolute atomic E-state index is 14.7. The van der Waals surface area contributed by atoms with E-state index < -0.39 is 18.4 Å². The van der Waals surface area contributed by atoms with Gasteiger partial charge < -0.3 is 20.4 Å². The Bertz CT molecular complexity index is 1110. The fourth-order valence-corrected chi connectivity index (χ4v) is 4.72. The molecule has 9 heteroatoms. The minimum absolute atomic E-state index is 0.135. The molecular formula is C22H27FN6O2. The Kier molecular flexibility index (Phi) is 5.11. The number of aryl methyl sites for hydroxylation is 2. The first-order valence-corrected chi connectivity index (χ1v) is 10.7. The van der Waals surface area contributed by atoms with Crippen molar-refractivity contribution in [3.05, 3.63) is 41.3 Å². The number of hydrogen-bond acceptors (Lipinski definition) is 7. The van der Waals surface area contributed by atoms with E-state index in [1.54, 1.807) is 17.8 Å². The predicted octanol–water partition coefficient (Wildman–Crippen LogP) is 1.39. The predicted molar refractivity (Wildman–Crippen MR) is 115 cm³/mol. The number of β-amino-alcohol motifs (C(OH)–C–C–N with tert-alkyl or cyclic N) is 2. The molecule has 4 unspecified atom stereocenters. The number of benzene rings is 1. The lowest BCUT2D eigenvalue weighted by Gasteiger charge is -2.28. The van der Waals surface area contributed by atoms with Gasteiger partial charge in [-0.2, -0.15) is 5.10 Å². The van der Waals surface area contributed by atoms with Gasteiger partial charge in [-0.3, -0.25) is 0 Å². The minimum Gasteiger partial charge on any atom is -0.389 e. The van der Waals surface area contributed by atoms with Crippen molar-refractivity contribution in [1.29, 1.82) is 0 Å². The topological polar surface area (TPSA) is 99.3 Å². The molecular weight excluding hydrogens is 399 g/mol. The Morgan fingerprint density at radius 3 is 2.55 bits per heavy atom. The van der Waals surface area contributed by atoms with Crippen molar-refractivity contribution in [3.8, 4) is 5.82 Å². The molecule has 31 heavy (non-hydrogen) atoms. The number of piperidine rings is 1. The van der Waals surface area contributed by atoms with Crippen molar-refractivity contribution in [2.24, 2.45) is 0 Å². The first-order valence-electron chi connectivity index (χ1n) is 10.7. The number of aromatic nitrogens is 4. The summed E-state index contributed by atoms with van der Waals surface area (Å²) >= 11 is 0. The number of halogens is 1. The van der Waals surface area contributed by atoms with Gasteiger partial charge in [0.1, 0.15) is 17.8 Å². The Hall–Kier alpha value is -2.62. The summed E-state index contributed by atoms with van der Waals surface area (Å²) in [6.45, 7) is 5.65. The number of hydrogen-bond donors (Lipinski definition) is 3. The fourth-order valence-electron chi connectivity index (χ4n) is 4.72. The normalized spacial score (nSPS) is 26.7. The molecule has 2 saturated heterocycles. The van der Waals surface area contributed by atoms with Crippen molar-refractivity contribution >= 4 is 16.7 Å². The zero-order valence-electron chi connectivity index (χ0n) is 17.7. The van der Waals surface area contributed by atoms with E-state index in [9.17, 15) is 14.6 Å². The Balaban J connectivity index is 1.57. The third-order valence-corrected chi connectivity index (χ3v) is 6.37. The quantitative estimate of drug-likeness (QED) is 0.582. The van der Waals surface area contributed by atoms with Gasteiger partial charge in [0, 0.05) is 37.0 Å². The van der Waals surface area contributed by atoms with Crippen molar-refractivity contribution in [2.45, 2.75) is 44.6 Å². The molecule has 5 rings (SSSR count). The summed E-state index contributed by atoms with van der Waals surface area (Å²) in [5.41, 5.74) is 2.96. The Labute approximate surface area is 179 Å². The molecule has 2 fully saturated rings. The van der Waals surface area contributed by atoms with Crippen LogP contribution >= 0.6 is 0 Å². The molecule has 3 N–H and O–H groups in total. The molecule has 8 nitrogen and oxygen atoms in total. The van der Waals surface area contributed by atoms with Crippen LogP contribution in [0.2, 0.25) is 0 Å². The summed E-state index contributed by atoms with van der Waals surface area (Å²) in [5, 5.41) is 28.5. The van der Waals surface area contributed by atoms with Crippen LogP contribution in [0.1, 0.15) is 29.3 Å². The monoisotopic (exact) mass is 426 g/mol. The highest BCUT2D eigenvalue weighted by Gasteiger charge is 2.31. The molecule has 3 aromatic rings. The number of anilines is 1. The number of alkyl halides is 1. The van der Waals surface area contributed by atoms with E-state index in [2.05, 4.69) is 26.4 Å². The van der Waals surface area contributed by atoms with Crippen LogP contribution in [-0.4, -0.2) is 74.5 Å². The van der Waals surface area contributed by atoms with E-state index >= 15 is 0 Å². The fraction of sp³-hybridized carbons (Fsp3) is 0.500. The van der Waals surface area contributed by atoms with E-state index in [4.69, 9.17) is 0 Å². The molecule has 0 aliphatic carbocycles. The third-order valence-electron chi connectivity index (χ3n) is 6.37. The Morgan fingerprint density at radius 2 is 1.81 bits per heavy atom. The van der Waals surface area contributed by atoms with Gasteiger partial charge in [0.15, 0.2) is 5.82 Å². The van der Waals surface area contributed by atoms with Gasteiger partial charge in [-0.25, -0.2) is 19.0 Å². The lowest BCUT2D eigenvalue weighted by molar-refractivity contribution is 0.0572. The van der Waals surface area contributed by atoms with Crippen LogP contribution < -0.4 is 10.2 Å². The number of fused-ring (bicyclic) bond motifs is 1. The van der Waals surface area contributed by atoms with Crippen LogP contribution in [0.5, 0.6) is 0 Å². The van der Waals surface area contributed by atoms with Crippen LogP contribution in [0.4, 0.5) is 10.2 Å². The van der Waals surface area contributed by atoms with Gasteiger partial charge in [-0.1, -0.05) is 0 Å². The molecule has 0 amide bonds. The highest BCUT2D eigenvalue weighted by molar-refractivity contribution is 5.82. The number of nitrogens with zero attached hydrogens (tertiary/aromatic N) is 5. The van der Waals surface area contributed by atoms with Crippen LogP contribution in [0.15, 0.2) is 24.4 Å². The molecule has 1 aromatic carbocycles. The van der Waals surface area contributed by atoms with Gasteiger partial charge in [0.25, 0.3) is 0 Å². The molecule has 4 heterocycles. The average molecular weight is 426 g/mol. The van der Waals surface area contributed by atoms with E-state index in [0.29, 0.717) is 37.1 Å². The summed E-state index contributed by atoms with van der Waals surface area (Å²) in [4.78, 5) is 10.9. The number of rotatable bonds is 3. The summed E-state index contributed by atoms with van der Waals surface area (Å²) < 4.78 is 16.4. The van der Waals surface area contributed by atoms with E-state index in [-0.39, 0.29) is 5.92 Å². The van der Waals surface area contributed by atoms with E-state index in [1.165, 1.54) is 0 Å². The van der Waals surface area contributed by atoms with Crippen molar-refractivity contribution < 1.29 is 14.6 Å². The van der Waals surface area contributed by atoms with E-state index in [1.807, 2.05) is 24.0 Å². The SMILES string of the molecule is Cc1nc(N2CC(O)C(O)C2)cc(-n2ncc3cc(C)c(C4CCNCC4F)cc32)n1. The first-order chi connectivity index (χ1) is 14.9. The molecule has 2 aromatic heterocycles. The molecule has 0 bridgehead atoms. The van der Waals surface area contributed by atoms with Gasteiger partial charge in [-0.05, 0) is 50.1 Å². The zero-order valence-corrected chi connectivity index (χ0v) is 17.7. The zero-order chi connectivity index (χ0) is 21.7. The van der Waals surface area contributed by atoms with Gasteiger partial charge in [-0.15, -0.1) is 0 Å². The molecule has 0 radical (unpaired) electrons. The second kappa shape index (κ2) is 7.81. The summed E-state index contributed by atoms with van der Waals surface area (Å²) in [6, 6.07) is 5.91. The first kappa shape index (κ1) is 20.3. The molecule has 2 aliphatic rings. The number of aliphatic hydroxyl groups excluding tert-OH is 2. The van der Waals surface area contributed by atoms with E-state index in [0.717, 1.165) is 35.0 Å². The second-order valence-corrected chi connectivity index (χ2v) is 8.61. The maximum atomic E-state index is 14.7. The summed E-state index contributed by atoms with van der Waals surface area (Å²) in [7, 11) is 0. The molecule has 164 valence electrons. The largest absolute Gasteiger partial charge is 0.389 e. The highest BCUT2D eigenvalue weighted by Crippen LogP contribution is 2.33. The standard InChI is InChI=1S/C22H27FN6O2/c1-12-5-14-8-25-29(18(14)6-16(12)15-3-4-24-9-17(15)23)22-7-21(26-13(2)27-22)28-10-19(30)20(31)11-28/h5-8,15,17,19-20,24,30-31H,3-4,9-11H2,1-2H3. The van der Waals surface area contributed by atoms with Crippen molar-refractivity contribution in [3.63, 3.8) is 0 Å². The van der Waals surface area contributed by atoms with Gasteiger partial charge in [0.2, 0.25) is 0 Å². The minimum atomic E-state index is -0.915. The average Bonchev–Trinajstić information content (AvgIpc) is 3.30. The summed E-state index contributed by atoms with van der Waals surface area (Å²) in [6.07, 6.45) is 0.0454. The van der Waals surface area contributed by atoms with Crippen LogP contribution in [0, 0.1) is 13.8 Å². The van der Waals surface area contributed by atoms with Gasteiger partial charge >= 0.3 is 0 Å². The third kappa shape index (κ3) is 3.66. The molecule has 0 saturated carbocycles. The second-order valence-electron chi connectivity index (χ2n) is 8.61. The molecule has 0 spiro atoms. The lowest BCUT2D eigenvalue weighted by Crippen LogP contribution is -2.36. The van der Waals surface area contributed by atoms with Crippen LogP contribution in [-0.2, 0) is 0 Å². The lowest BCUT2D eigenvalue weighted by atomic mass is 9.85. The smallest absolute Gasteiger partial charge is 0.159 e. The van der Waals surface area contributed by atoms with Crippen LogP contribution in [0.25, 0.3) is 16.7 Å². The summed E-state index contributed by atoms with van der Waals surface area (Å²) in [5.74, 6) is 1.67. The van der Waals surface area contributed by atoms with Crippen LogP contribution in [0.3, 0.4) is 0 Å². The van der Waals surface area contributed by atoms with Gasteiger partial charge in [0.05, 0.1) is 23.9 Å². The van der Waals surface area contributed by atoms with Crippen molar-refractivity contribution in [1.82, 2.24) is 25.1 Å².